The van der Waals surface area contributed by atoms with E-state index in [-0.39, 0.29) is 16.8 Å². The van der Waals surface area contributed by atoms with Crippen LogP contribution >= 0.6 is 12.6 Å². The van der Waals surface area contributed by atoms with Crippen molar-refractivity contribution in [3.05, 3.63) is 69.8 Å². The highest BCUT2D eigenvalue weighted by molar-refractivity contribution is 7.80. The van der Waals surface area contributed by atoms with Crippen molar-refractivity contribution in [1.82, 2.24) is 14.6 Å². The number of H-pyrrole nitrogens is 1. The van der Waals surface area contributed by atoms with E-state index in [1.54, 1.807) is 12.3 Å². The number of nitrogens with zero attached hydrogens (tertiary/aromatic N) is 2. The number of hydrogen-bond donors (Lipinski definition) is 2. The first kappa shape index (κ1) is 12.9. The zero-order valence-corrected chi connectivity index (χ0v) is 10.9. The number of aromatic amines is 1. The van der Waals surface area contributed by atoms with Crippen LogP contribution in [-0.2, 0) is 0 Å². The Labute approximate surface area is 117 Å². The molecule has 0 spiro atoms. The predicted molar refractivity (Wildman–Crippen MR) is 73.0 cm³/mol. The molecule has 102 valence electrons. The van der Waals surface area contributed by atoms with Gasteiger partial charge < -0.3 is 0 Å². The molecule has 0 aliphatic carbocycles. The summed E-state index contributed by atoms with van der Waals surface area (Å²) < 4.78 is 28.2. The van der Waals surface area contributed by atoms with Gasteiger partial charge >= 0.3 is 0 Å². The summed E-state index contributed by atoms with van der Waals surface area (Å²) in [6.07, 6.45) is 1.56. The fraction of sp³-hybridized carbons (Fsp3) is 0.0769. The van der Waals surface area contributed by atoms with Crippen molar-refractivity contribution in [3.8, 4) is 0 Å². The maximum Gasteiger partial charge on any atom is 0.272 e. The number of nitrogens with one attached hydrogen (secondary N) is 1. The van der Waals surface area contributed by atoms with Crippen molar-refractivity contribution in [2.45, 2.75) is 5.25 Å². The molecule has 3 aromatic rings. The van der Waals surface area contributed by atoms with Gasteiger partial charge in [-0.05, 0) is 6.07 Å². The van der Waals surface area contributed by atoms with Gasteiger partial charge in [0.25, 0.3) is 5.56 Å². The van der Waals surface area contributed by atoms with Gasteiger partial charge in [-0.25, -0.2) is 18.3 Å². The van der Waals surface area contributed by atoms with Crippen molar-refractivity contribution in [1.29, 1.82) is 0 Å². The number of thiol groups is 1. The van der Waals surface area contributed by atoms with Crippen molar-refractivity contribution in [3.63, 3.8) is 0 Å². The Morgan fingerprint density at radius 3 is 2.90 bits per heavy atom. The summed E-state index contributed by atoms with van der Waals surface area (Å²) in [7, 11) is 0. The van der Waals surface area contributed by atoms with Crippen molar-refractivity contribution in [2.75, 3.05) is 0 Å². The molecule has 20 heavy (non-hydrogen) atoms. The second-order valence-corrected chi connectivity index (χ2v) is 4.74. The first-order chi connectivity index (χ1) is 9.58. The van der Waals surface area contributed by atoms with Crippen LogP contribution < -0.4 is 5.56 Å². The highest BCUT2D eigenvalue weighted by Gasteiger charge is 2.19. The van der Waals surface area contributed by atoms with Crippen LogP contribution in [0.2, 0.25) is 0 Å². The van der Waals surface area contributed by atoms with Gasteiger partial charge in [0.05, 0.1) is 10.9 Å². The number of rotatable bonds is 2. The number of aromatic nitrogens is 3. The average molecular weight is 293 g/mol. The lowest BCUT2D eigenvalue weighted by Gasteiger charge is -2.11. The topological polar surface area (TPSA) is 50.2 Å². The molecule has 3 rings (SSSR count). The molecule has 7 heteroatoms. The van der Waals surface area contributed by atoms with E-state index in [0.29, 0.717) is 5.65 Å². The van der Waals surface area contributed by atoms with E-state index in [1.165, 1.54) is 22.7 Å². The molecule has 1 N–H and O–H groups in total. The number of halogens is 2. The van der Waals surface area contributed by atoms with Crippen LogP contribution in [0.3, 0.4) is 0 Å². The second kappa shape index (κ2) is 4.75. The van der Waals surface area contributed by atoms with E-state index in [2.05, 4.69) is 22.7 Å². The molecule has 0 bridgehead atoms. The maximum atomic E-state index is 13.8. The van der Waals surface area contributed by atoms with Gasteiger partial charge in [-0.3, -0.25) is 9.89 Å². The zero-order valence-electron chi connectivity index (χ0n) is 10.0. The third kappa shape index (κ3) is 2.00. The third-order valence-corrected chi connectivity index (χ3v) is 3.50. The largest absolute Gasteiger partial charge is 0.297 e. The van der Waals surface area contributed by atoms with Crippen LogP contribution in [0, 0.1) is 11.6 Å². The highest BCUT2D eigenvalue weighted by Crippen LogP contribution is 2.29. The first-order valence-corrected chi connectivity index (χ1v) is 6.28. The van der Waals surface area contributed by atoms with Gasteiger partial charge in [0.15, 0.2) is 17.3 Å². The average Bonchev–Trinajstić information content (AvgIpc) is 2.90. The normalized spacial score (nSPS) is 12.8. The van der Waals surface area contributed by atoms with E-state index < -0.39 is 16.9 Å². The minimum Gasteiger partial charge on any atom is -0.297 e. The lowest BCUT2D eigenvalue weighted by Crippen LogP contribution is -2.16. The molecule has 0 saturated carbocycles. The van der Waals surface area contributed by atoms with Gasteiger partial charge in [-0.1, -0.05) is 12.1 Å². The molecule has 0 fully saturated rings. The van der Waals surface area contributed by atoms with Crippen LogP contribution in [0.15, 0.2) is 41.3 Å². The molecule has 1 aromatic carbocycles. The van der Waals surface area contributed by atoms with E-state index in [9.17, 15) is 13.6 Å². The Balaban J connectivity index is 2.14. The Morgan fingerprint density at radius 1 is 1.30 bits per heavy atom. The van der Waals surface area contributed by atoms with E-state index >= 15 is 0 Å². The fourth-order valence-electron chi connectivity index (χ4n) is 1.98. The molecule has 0 saturated heterocycles. The van der Waals surface area contributed by atoms with Crippen molar-refractivity contribution in [2.24, 2.45) is 0 Å². The summed E-state index contributed by atoms with van der Waals surface area (Å²) in [5.74, 6) is -1.94. The molecular weight excluding hydrogens is 284 g/mol. The maximum absolute atomic E-state index is 13.8. The third-order valence-electron chi connectivity index (χ3n) is 2.96. The molecule has 1 unspecified atom stereocenters. The summed E-state index contributed by atoms with van der Waals surface area (Å²) in [6.45, 7) is 0. The van der Waals surface area contributed by atoms with Gasteiger partial charge in [-0.2, -0.15) is 12.6 Å². The zero-order chi connectivity index (χ0) is 14.3. The molecule has 2 aromatic heterocycles. The molecule has 0 aliphatic rings. The van der Waals surface area contributed by atoms with Crippen LogP contribution in [0.25, 0.3) is 5.65 Å². The molecule has 2 heterocycles. The standard InChI is InChI=1S/C13H9F2N3OS/c14-8-3-1-2-7(12(8)15)13(20)9-6-11(19)18-10(17-9)4-5-16-18/h1-6,13,16,20H. The van der Waals surface area contributed by atoms with Crippen molar-refractivity contribution < 1.29 is 8.78 Å². The van der Waals surface area contributed by atoms with E-state index in [0.717, 1.165) is 6.07 Å². The summed E-state index contributed by atoms with van der Waals surface area (Å²) in [5.41, 5.74) is 0.358. The number of benzene rings is 1. The highest BCUT2D eigenvalue weighted by atomic mass is 32.1. The van der Waals surface area contributed by atoms with Crippen molar-refractivity contribution >= 4 is 18.3 Å². The Hall–Kier alpha value is -2.15. The van der Waals surface area contributed by atoms with Crippen LogP contribution in [0.1, 0.15) is 16.5 Å². The van der Waals surface area contributed by atoms with Gasteiger partial charge in [0.1, 0.15) is 0 Å². The summed E-state index contributed by atoms with van der Waals surface area (Å²) in [4.78, 5) is 16.0. The van der Waals surface area contributed by atoms with Crippen LogP contribution in [0.4, 0.5) is 8.78 Å². The lowest BCUT2D eigenvalue weighted by atomic mass is 10.1. The Bertz CT molecular complexity index is 843. The molecule has 1 atom stereocenters. The summed E-state index contributed by atoms with van der Waals surface area (Å²) in [5, 5.41) is 1.88. The van der Waals surface area contributed by atoms with E-state index in [1.807, 2.05) is 0 Å². The van der Waals surface area contributed by atoms with Crippen LogP contribution in [0.5, 0.6) is 0 Å². The molecule has 0 aliphatic heterocycles. The monoisotopic (exact) mass is 293 g/mol. The SMILES string of the molecule is O=c1cc(C(S)c2cccc(F)c2F)nc2cc[nH]n12. The quantitative estimate of drug-likeness (QED) is 0.712. The Kier molecular flexibility index (Phi) is 3.06. The molecule has 4 nitrogen and oxygen atoms in total. The molecule has 0 amide bonds. The first-order valence-electron chi connectivity index (χ1n) is 5.77. The summed E-state index contributed by atoms with van der Waals surface area (Å²) in [6, 6.07) is 6.67. The van der Waals surface area contributed by atoms with Crippen LogP contribution in [-0.4, -0.2) is 14.6 Å². The second-order valence-electron chi connectivity index (χ2n) is 4.22. The molecule has 0 radical (unpaired) electrons. The lowest BCUT2D eigenvalue weighted by molar-refractivity contribution is 0.500. The van der Waals surface area contributed by atoms with Gasteiger partial charge in [0.2, 0.25) is 0 Å². The minimum absolute atomic E-state index is 0.0418. The van der Waals surface area contributed by atoms with Gasteiger partial charge in [-0.15, -0.1) is 0 Å². The predicted octanol–water partition coefficient (Wildman–Crippen LogP) is 2.32. The molecular formula is C13H9F2N3OS. The fourth-order valence-corrected chi connectivity index (χ4v) is 2.31. The Morgan fingerprint density at radius 2 is 2.10 bits per heavy atom. The van der Waals surface area contributed by atoms with E-state index in [4.69, 9.17) is 0 Å². The summed E-state index contributed by atoms with van der Waals surface area (Å²) >= 11 is 4.25. The number of fused-ring (bicyclic) bond motifs is 1. The minimum atomic E-state index is -0.983. The number of hydrogen-bond acceptors (Lipinski definition) is 3. The smallest absolute Gasteiger partial charge is 0.272 e. The van der Waals surface area contributed by atoms with Gasteiger partial charge in [0, 0.05) is 23.9 Å².